The van der Waals surface area contributed by atoms with E-state index >= 15 is 0 Å². The Labute approximate surface area is 129 Å². The molecule has 1 atom stereocenters. The van der Waals surface area contributed by atoms with Crippen LogP contribution in [0.2, 0.25) is 5.02 Å². The molecule has 0 aliphatic heterocycles. The Balaban J connectivity index is 2.15. The number of halogens is 1. The summed E-state index contributed by atoms with van der Waals surface area (Å²) in [7, 11) is 0. The number of aliphatic carboxylic acids is 1. The van der Waals surface area contributed by atoms with Crippen molar-refractivity contribution in [1.82, 2.24) is 0 Å². The molecule has 0 unspecified atom stereocenters. The van der Waals surface area contributed by atoms with E-state index in [0.29, 0.717) is 10.8 Å². The molecule has 2 aromatic carbocycles. The summed E-state index contributed by atoms with van der Waals surface area (Å²) >= 11 is 6.07. The van der Waals surface area contributed by atoms with Crippen LogP contribution in [-0.2, 0) is 11.2 Å². The first-order valence-electron chi connectivity index (χ1n) is 6.67. The van der Waals surface area contributed by atoms with E-state index in [1.807, 2.05) is 44.2 Å². The molecule has 1 N–H and O–H groups in total. The molecule has 0 saturated carbocycles. The second kappa shape index (κ2) is 6.64. The zero-order valence-corrected chi connectivity index (χ0v) is 12.7. The average molecular weight is 305 g/mol. The van der Waals surface area contributed by atoms with Crippen LogP contribution in [0, 0.1) is 13.8 Å². The number of aryl methyl sites for hydroxylation is 2. The minimum Gasteiger partial charge on any atom is -0.478 e. The predicted molar refractivity (Wildman–Crippen MR) is 83.1 cm³/mol. The monoisotopic (exact) mass is 304 g/mol. The summed E-state index contributed by atoms with van der Waals surface area (Å²) < 4.78 is 5.59. The van der Waals surface area contributed by atoms with Gasteiger partial charge in [0.15, 0.2) is 6.10 Å². The maximum atomic E-state index is 11.4. The van der Waals surface area contributed by atoms with Gasteiger partial charge in [-0.3, -0.25) is 0 Å². The van der Waals surface area contributed by atoms with Crippen LogP contribution >= 0.6 is 11.6 Å². The standard InChI is InChI=1S/C17H17ClO3/c1-11-4-3-5-14(8-11)21-16(17(19)20)10-13-7-6-12(2)15(18)9-13/h3-9,16H,10H2,1-2H3,(H,19,20)/t16-/m1/s1. The molecule has 21 heavy (non-hydrogen) atoms. The molecule has 0 amide bonds. The number of ether oxygens (including phenoxy) is 1. The molecule has 4 heteroatoms. The molecule has 110 valence electrons. The Bertz CT molecular complexity index is 652. The van der Waals surface area contributed by atoms with Crippen LogP contribution in [0.3, 0.4) is 0 Å². The maximum Gasteiger partial charge on any atom is 0.345 e. The second-order valence-corrected chi connectivity index (χ2v) is 5.46. The minimum atomic E-state index is -0.992. The van der Waals surface area contributed by atoms with Crippen LogP contribution in [0.25, 0.3) is 0 Å². The SMILES string of the molecule is Cc1cccc(O[C@H](Cc2ccc(C)c(Cl)c2)C(=O)O)c1. The summed E-state index contributed by atoms with van der Waals surface area (Å²) in [6.07, 6.45) is -0.672. The third-order valence-corrected chi connectivity index (χ3v) is 3.61. The molecule has 3 nitrogen and oxygen atoms in total. The zero-order chi connectivity index (χ0) is 15.4. The number of benzene rings is 2. The quantitative estimate of drug-likeness (QED) is 0.907. The fourth-order valence-corrected chi connectivity index (χ4v) is 2.21. The van der Waals surface area contributed by atoms with Gasteiger partial charge in [0.25, 0.3) is 0 Å². The van der Waals surface area contributed by atoms with Crippen LogP contribution < -0.4 is 4.74 Å². The van der Waals surface area contributed by atoms with Crippen LogP contribution in [0.4, 0.5) is 0 Å². The van der Waals surface area contributed by atoms with Crippen LogP contribution in [0.1, 0.15) is 16.7 Å². The van der Waals surface area contributed by atoms with E-state index in [1.54, 1.807) is 12.1 Å². The highest BCUT2D eigenvalue weighted by Crippen LogP contribution is 2.20. The maximum absolute atomic E-state index is 11.4. The first-order chi connectivity index (χ1) is 9.95. The third kappa shape index (κ3) is 4.23. The molecule has 2 aromatic rings. The average Bonchev–Trinajstić information content (AvgIpc) is 2.42. The van der Waals surface area contributed by atoms with Crippen molar-refractivity contribution in [1.29, 1.82) is 0 Å². The Morgan fingerprint density at radius 3 is 2.62 bits per heavy atom. The normalized spacial score (nSPS) is 12.0. The number of rotatable bonds is 5. The Kier molecular flexibility index (Phi) is 4.86. The second-order valence-electron chi connectivity index (χ2n) is 5.05. The van der Waals surface area contributed by atoms with E-state index in [2.05, 4.69) is 0 Å². The molecule has 0 aromatic heterocycles. The highest BCUT2D eigenvalue weighted by Gasteiger charge is 2.20. The Morgan fingerprint density at radius 1 is 1.24 bits per heavy atom. The van der Waals surface area contributed by atoms with Crippen molar-refractivity contribution in [2.45, 2.75) is 26.4 Å². The summed E-state index contributed by atoms with van der Waals surface area (Å²) in [5, 5.41) is 9.96. The van der Waals surface area contributed by atoms with Crippen LogP contribution in [0.5, 0.6) is 5.75 Å². The lowest BCUT2D eigenvalue weighted by atomic mass is 10.1. The fraction of sp³-hybridized carbons (Fsp3) is 0.235. The molecule has 0 aliphatic carbocycles. The van der Waals surface area contributed by atoms with Gasteiger partial charge in [-0.15, -0.1) is 0 Å². The number of carboxylic acids is 1. The summed E-state index contributed by atoms with van der Waals surface area (Å²) in [5.41, 5.74) is 2.83. The zero-order valence-electron chi connectivity index (χ0n) is 12.0. The van der Waals surface area contributed by atoms with Gasteiger partial charge >= 0.3 is 5.97 Å². The molecule has 0 radical (unpaired) electrons. The minimum absolute atomic E-state index is 0.267. The summed E-state index contributed by atoms with van der Waals surface area (Å²) in [5.74, 6) is -0.436. The van der Waals surface area contributed by atoms with Gasteiger partial charge in [0.1, 0.15) is 5.75 Å². The topological polar surface area (TPSA) is 46.5 Å². The largest absolute Gasteiger partial charge is 0.478 e. The van der Waals surface area contributed by atoms with Gasteiger partial charge < -0.3 is 9.84 Å². The molecule has 0 spiro atoms. The molecule has 0 fully saturated rings. The first-order valence-corrected chi connectivity index (χ1v) is 7.04. The fourth-order valence-electron chi connectivity index (χ4n) is 2.01. The van der Waals surface area contributed by atoms with E-state index in [1.165, 1.54) is 0 Å². The molecular weight excluding hydrogens is 288 g/mol. The van der Waals surface area contributed by atoms with Crippen LogP contribution in [0.15, 0.2) is 42.5 Å². The summed E-state index contributed by atoms with van der Waals surface area (Å²) in [6, 6.07) is 12.9. The van der Waals surface area contributed by atoms with Crippen molar-refractivity contribution in [2.75, 3.05) is 0 Å². The van der Waals surface area contributed by atoms with Gasteiger partial charge in [-0.25, -0.2) is 4.79 Å². The van der Waals surface area contributed by atoms with Crippen molar-refractivity contribution in [3.05, 3.63) is 64.2 Å². The van der Waals surface area contributed by atoms with Gasteiger partial charge in [0.05, 0.1) is 0 Å². The lowest BCUT2D eigenvalue weighted by Crippen LogP contribution is -2.29. The lowest BCUT2D eigenvalue weighted by molar-refractivity contribution is -0.145. The predicted octanol–water partition coefficient (Wildman–Crippen LogP) is 4.03. The van der Waals surface area contributed by atoms with Crippen molar-refractivity contribution < 1.29 is 14.6 Å². The van der Waals surface area contributed by atoms with Crippen LogP contribution in [-0.4, -0.2) is 17.2 Å². The molecular formula is C17H17ClO3. The van der Waals surface area contributed by atoms with Gasteiger partial charge in [0, 0.05) is 11.4 Å². The van der Waals surface area contributed by atoms with E-state index in [4.69, 9.17) is 16.3 Å². The molecule has 0 heterocycles. The molecule has 0 bridgehead atoms. The van der Waals surface area contributed by atoms with Gasteiger partial charge in [-0.1, -0.05) is 35.9 Å². The number of carboxylic acid groups (broad SMARTS) is 1. The first kappa shape index (κ1) is 15.4. The molecule has 2 rings (SSSR count). The lowest BCUT2D eigenvalue weighted by Gasteiger charge is -2.16. The van der Waals surface area contributed by atoms with Gasteiger partial charge in [-0.05, 0) is 48.7 Å². The third-order valence-electron chi connectivity index (χ3n) is 3.20. The van der Waals surface area contributed by atoms with E-state index in [9.17, 15) is 9.90 Å². The van der Waals surface area contributed by atoms with Crippen molar-refractivity contribution >= 4 is 17.6 Å². The summed E-state index contributed by atoms with van der Waals surface area (Å²) in [6.45, 7) is 3.84. The van der Waals surface area contributed by atoms with Crippen molar-refractivity contribution in [2.24, 2.45) is 0 Å². The van der Waals surface area contributed by atoms with Gasteiger partial charge in [0.2, 0.25) is 0 Å². The number of hydrogen-bond acceptors (Lipinski definition) is 2. The van der Waals surface area contributed by atoms with E-state index in [-0.39, 0.29) is 6.42 Å². The Morgan fingerprint density at radius 2 is 2.00 bits per heavy atom. The smallest absolute Gasteiger partial charge is 0.345 e. The van der Waals surface area contributed by atoms with Crippen molar-refractivity contribution in [3.63, 3.8) is 0 Å². The van der Waals surface area contributed by atoms with Gasteiger partial charge in [-0.2, -0.15) is 0 Å². The molecule has 0 saturated heterocycles. The summed E-state index contributed by atoms with van der Waals surface area (Å²) in [4.78, 5) is 11.4. The van der Waals surface area contributed by atoms with Crippen molar-refractivity contribution in [3.8, 4) is 5.75 Å². The van der Waals surface area contributed by atoms with E-state index < -0.39 is 12.1 Å². The highest BCUT2D eigenvalue weighted by atomic mass is 35.5. The van der Waals surface area contributed by atoms with E-state index in [0.717, 1.165) is 16.7 Å². The number of hydrogen-bond donors (Lipinski definition) is 1. The highest BCUT2D eigenvalue weighted by molar-refractivity contribution is 6.31. The Hall–Kier alpha value is -2.00. The molecule has 0 aliphatic rings. The number of carbonyl (C=O) groups is 1.